The summed E-state index contributed by atoms with van der Waals surface area (Å²) in [6.45, 7) is 1.83. The number of aromatic nitrogens is 2. The number of fused-ring (bicyclic) bond motifs is 1. The number of benzene rings is 2. The van der Waals surface area contributed by atoms with E-state index >= 15 is 0 Å². The number of ether oxygens (including phenoxy) is 1. The van der Waals surface area contributed by atoms with Crippen LogP contribution in [0.15, 0.2) is 58.5 Å². The number of hydrogen-bond acceptors (Lipinski definition) is 5. The van der Waals surface area contributed by atoms with Crippen molar-refractivity contribution in [2.45, 2.75) is 36.2 Å². The van der Waals surface area contributed by atoms with E-state index in [0.717, 1.165) is 12.8 Å². The number of thioether (sulfide) groups is 1. The largest absolute Gasteiger partial charge is 0.495 e. The third kappa shape index (κ3) is 3.62. The van der Waals surface area contributed by atoms with Gasteiger partial charge in [0.2, 0.25) is 5.91 Å². The zero-order chi connectivity index (χ0) is 19.7. The molecule has 28 heavy (non-hydrogen) atoms. The highest BCUT2D eigenvalue weighted by molar-refractivity contribution is 8.00. The predicted molar refractivity (Wildman–Crippen MR) is 110 cm³/mol. The maximum atomic E-state index is 13.3. The van der Waals surface area contributed by atoms with Crippen molar-refractivity contribution in [2.75, 3.05) is 7.11 Å². The van der Waals surface area contributed by atoms with E-state index in [-0.39, 0.29) is 22.8 Å². The molecule has 1 amide bonds. The van der Waals surface area contributed by atoms with Crippen molar-refractivity contribution < 1.29 is 9.53 Å². The molecule has 1 aliphatic carbocycles. The van der Waals surface area contributed by atoms with Gasteiger partial charge in [-0.3, -0.25) is 14.2 Å². The van der Waals surface area contributed by atoms with Gasteiger partial charge in [-0.15, -0.1) is 0 Å². The van der Waals surface area contributed by atoms with Gasteiger partial charge >= 0.3 is 0 Å². The monoisotopic (exact) mass is 395 g/mol. The van der Waals surface area contributed by atoms with Crippen molar-refractivity contribution in [3.05, 3.63) is 58.9 Å². The Hall–Kier alpha value is -2.80. The zero-order valence-corrected chi connectivity index (χ0v) is 16.5. The van der Waals surface area contributed by atoms with Gasteiger partial charge in [0, 0.05) is 6.04 Å². The first kappa shape index (κ1) is 18.6. The lowest BCUT2D eigenvalue weighted by Gasteiger charge is -2.18. The number of methoxy groups -OCH3 is 1. The molecule has 1 saturated carbocycles. The molecule has 4 rings (SSSR count). The van der Waals surface area contributed by atoms with E-state index < -0.39 is 0 Å². The maximum absolute atomic E-state index is 13.3. The van der Waals surface area contributed by atoms with Gasteiger partial charge in [-0.05, 0) is 44.0 Å². The van der Waals surface area contributed by atoms with Crippen LogP contribution in [0, 0.1) is 0 Å². The van der Waals surface area contributed by atoms with Crippen LogP contribution < -0.4 is 15.6 Å². The lowest BCUT2D eigenvalue weighted by Crippen LogP contribution is -2.33. The van der Waals surface area contributed by atoms with E-state index in [1.165, 1.54) is 16.3 Å². The lowest BCUT2D eigenvalue weighted by molar-refractivity contribution is -0.120. The van der Waals surface area contributed by atoms with E-state index in [9.17, 15) is 9.59 Å². The Morgan fingerprint density at radius 1 is 1.21 bits per heavy atom. The van der Waals surface area contributed by atoms with Crippen LogP contribution in [0.1, 0.15) is 19.8 Å². The Bertz CT molecular complexity index is 1090. The van der Waals surface area contributed by atoms with Gasteiger partial charge in [0.1, 0.15) is 5.75 Å². The fourth-order valence-corrected chi connectivity index (χ4v) is 3.91. The van der Waals surface area contributed by atoms with Gasteiger partial charge in [-0.25, -0.2) is 4.98 Å². The van der Waals surface area contributed by atoms with Gasteiger partial charge in [-0.2, -0.15) is 0 Å². The summed E-state index contributed by atoms with van der Waals surface area (Å²) in [4.78, 5) is 30.5. The van der Waals surface area contributed by atoms with Crippen LogP contribution in [-0.2, 0) is 4.79 Å². The highest BCUT2D eigenvalue weighted by Crippen LogP contribution is 2.29. The quantitative estimate of drug-likeness (QED) is 0.513. The van der Waals surface area contributed by atoms with Crippen molar-refractivity contribution in [3.63, 3.8) is 0 Å². The number of para-hydroxylation sites is 3. The minimum absolute atomic E-state index is 0.0403. The van der Waals surface area contributed by atoms with Gasteiger partial charge in [-0.1, -0.05) is 36.0 Å². The third-order valence-electron chi connectivity index (χ3n) is 4.65. The first-order valence-electron chi connectivity index (χ1n) is 9.20. The summed E-state index contributed by atoms with van der Waals surface area (Å²) < 4.78 is 6.99. The van der Waals surface area contributed by atoms with Crippen LogP contribution in [0.4, 0.5) is 0 Å². The van der Waals surface area contributed by atoms with Crippen LogP contribution in [0.3, 0.4) is 0 Å². The zero-order valence-electron chi connectivity index (χ0n) is 15.7. The molecular formula is C21H21N3O3S. The summed E-state index contributed by atoms with van der Waals surface area (Å²) in [6, 6.07) is 14.8. The molecule has 7 heteroatoms. The normalized spacial score (nSPS) is 14.6. The van der Waals surface area contributed by atoms with E-state index in [2.05, 4.69) is 5.32 Å². The van der Waals surface area contributed by atoms with Crippen LogP contribution in [0.5, 0.6) is 5.75 Å². The number of nitrogens with one attached hydrogen (secondary N) is 1. The molecule has 6 nitrogen and oxygen atoms in total. The van der Waals surface area contributed by atoms with Gasteiger partial charge in [0.25, 0.3) is 5.56 Å². The molecule has 1 fully saturated rings. The first-order valence-corrected chi connectivity index (χ1v) is 10.1. The Morgan fingerprint density at radius 2 is 1.93 bits per heavy atom. The molecule has 2 aromatic carbocycles. The number of nitrogens with zero attached hydrogens (tertiary/aromatic N) is 2. The fourth-order valence-electron chi connectivity index (χ4n) is 2.98. The van der Waals surface area contributed by atoms with Gasteiger partial charge in [0.15, 0.2) is 5.16 Å². The molecule has 1 N–H and O–H groups in total. The molecule has 0 spiro atoms. The smallest absolute Gasteiger partial charge is 0.266 e. The summed E-state index contributed by atoms with van der Waals surface area (Å²) >= 11 is 1.28. The summed E-state index contributed by atoms with van der Waals surface area (Å²) in [5, 5.41) is 3.61. The fraction of sp³-hybridized carbons (Fsp3) is 0.286. The second-order valence-electron chi connectivity index (χ2n) is 6.77. The topological polar surface area (TPSA) is 73.2 Å². The number of hydrogen-bond donors (Lipinski definition) is 1. The van der Waals surface area contributed by atoms with E-state index in [0.29, 0.717) is 27.5 Å². The number of rotatable bonds is 6. The van der Waals surface area contributed by atoms with Crippen LogP contribution >= 0.6 is 11.8 Å². The average molecular weight is 395 g/mol. The minimum atomic E-state index is -0.380. The molecule has 1 aliphatic rings. The Kier molecular flexibility index (Phi) is 5.09. The second kappa shape index (κ2) is 7.67. The van der Waals surface area contributed by atoms with Crippen molar-refractivity contribution in [1.82, 2.24) is 14.9 Å². The highest BCUT2D eigenvalue weighted by atomic mass is 32.2. The van der Waals surface area contributed by atoms with E-state index in [1.807, 2.05) is 43.3 Å². The van der Waals surface area contributed by atoms with Crippen molar-refractivity contribution >= 4 is 28.6 Å². The number of amides is 1. The van der Waals surface area contributed by atoms with E-state index in [1.54, 1.807) is 19.2 Å². The summed E-state index contributed by atoms with van der Waals surface area (Å²) in [6.07, 6.45) is 2.06. The molecule has 0 aliphatic heterocycles. The molecule has 1 aromatic heterocycles. The Balaban J connectivity index is 1.83. The molecule has 0 saturated heterocycles. The molecule has 0 radical (unpaired) electrons. The molecule has 0 bridgehead atoms. The summed E-state index contributed by atoms with van der Waals surface area (Å²) in [5.74, 6) is 0.528. The number of carbonyl (C=O) groups is 1. The van der Waals surface area contributed by atoms with Gasteiger partial charge in [0.05, 0.1) is 29.0 Å². The summed E-state index contributed by atoms with van der Waals surface area (Å²) in [5.41, 5.74) is 1.02. The Labute approximate surface area is 166 Å². The molecule has 3 aromatic rings. The SMILES string of the molecule is COc1ccccc1-n1c(S[C@H](C)C(=O)NC2CC2)nc2ccccc2c1=O. The highest BCUT2D eigenvalue weighted by Gasteiger charge is 2.27. The van der Waals surface area contributed by atoms with Crippen LogP contribution in [0.2, 0.25) is 0 Å². The third-order valence-corrected chi connectivity index (χ3v) is 5.70. The molecular weight excluding hydrogens is 374 g/mol. The standard InChI is InChI=1S/C21H21N3O3S/c1-13(19(25)22-14-11-12-14)28-21-23-16-8-4-3-7-15(16)20(26)24(21)17-9-5-6-10-18(17)27-2/h3-10,13-14H,11-12H2,1-2H3,(H,22,25)/t13-/m1/s1. The van der Waals surface area contributed by atoms with Crippen molar-refractivity contribution in [1.29, 1.82) is 0 Å². The van der Waals surface area contributed by atoms with Crippen molar-refractivity contribution in [3.8, 4) is 11.4 Å². The van der Waals surface area contributed by atoms with Crippen LogP contribution in [0.25, 0.3) is 16.6 Å². The van der Waals surface area contributed by atoms with Gasteiger partial charge < -0.3 is 10.1 Å². The second-order valence-corrected chi connectivity index (χ2v) is 8.07. The average Bonchev–Trinajstić information content (AvgIpc) is 3.52. The number of carbonyl (C=O) groups excluding carboxylic acids is 1. The minimum Gasteiger partial charge on any atom is -0.495 e. The Morgan fingerprint density at radius 3 is 2.68 bits per heavy atom. The molecule has 0 unspecified atom stereocenters. The molecule has 1 heterocycles. The molecule has 1 atom stereocenters. The predicted octanol–water partition coefficient (Wildman–Crippen LogP) is 3.15. The van der Waals surface area contributed by atoms with Crippen LogP contribution in [-0.4, -0.2) is 33.9 Å². The lowest BCUT2D eigenvalue weighted by atomic mass is 10.2. The van der Waals surface area contributed by atoms with E-state index in [4.69, 9.17) is 9.72 Å². The molecule has 144 valence electrons. The first-order chi connectivity index (χ1) is 13.6. The maximum Gasteiger partial charge on any atom is 0.266 e. The van der Waals surface area contributed by atoms with Crippen molar-refractivity contribution in [2.24, 2.45) is 0 Å². The summed E-state index contributed by atoms with van der Waals surface area (Å²) in [7, 11) is 1.57.